The molecule has 0 aliphatic carbocycles. The van der Waals surface area contributed by atoms with Gasteiger partial charge in [0.15, 0.2) is 0 Å². The first kappa shape index (κ1) is 23.6. The lowest BCUT2D eigenvalue weighted by Crippen LogP contribution is -1.99. The second kappa shape index (κ2) is 9.16. The minimum Gasteiger partial charge on any atom is -0.309 e. The van der Waals surface area contributed by atoms with Crippen LogP contribution in [0.5, 0.6) is 0 Å². The van der Waals surface area contributed by atoms with E-state index in [4.69, 9.17) is 5.26 Å². The van der Waals surface area contributed by atoms with E-state index in [1.165, 1.54) is 0 Å². The van der Waals surface area contributed by atoms with Gasteiger partial charge in [-0.05, 0) is 48.0 Å². The number of fused-ring (bicyclic) bond motifs is 7. The molecule has 0 bridgehead atoms. The highest BCUT2D eigenvalue weighted by atomic mass is 15.0. The van der Waals surface area contributed by atoms with Crippen LogP contribution in [0.1, 0.15) is 11.4 Å². The summed E-state index contributed by atoms with van der Waals surface area (Å²) in [5.74, 6) is 0.111. The molecule has 0 N–H and O–H groups in total. The van der Waals surface area contributed by atoms with Crippen molar-refractivity contribution in [1.29, 1.82) is 10.5 Å². The van der Waals surface area contributed by atoms with Gasteiger partial charge in [-0.25, -0.2) is 9.97 Å². The number of para-hydroxylation sites is 3. The molecule has 0 aliphatic rings. The summed E-state index contributed by atoms with van der Waals surface area (Å²) in [5, 5.41) is 24.0. The van der Waals surface area contributed by atoms with E-state index in [-0.39, 0.29) is 5.82 Å². The van der Waals surface area contributed by atoms with Crippen molar-refractivity contribution in [3.05, 3.63) is 133 Å². The molecule has 0 saturated heterocycles. The minimum atomic E-state index is 0.111. The van der Waals surface area contributed by atoms with Crippen LogP contribution in [0.2, 0.25) is 0 Å². The molecule has 8 rings (SSSR count). The van der Waals surface area contributed by atoms with E-state index in [0.29, 0.717) is 5.56 Å². The molecule has 42 heavy (non-hydrogen) atoms. The van der Waals surface area contributed by atoms with Gasteiger partial charge < -0.3 is 9.13 Å². The van der Waals surface area contributed by atoms with Gasteiger partial charge in [-0.2, -0.15) is 10.5 Å². The largest absolute Gasteiger partial charge is 0.309 e. The molecule has 5 aromatic carbocycles. The van der Waals surface area contributed by atoms with Crippen LogP contribution in [-0.2, 0) is 0 Å². The summed E-state index contributed by atoms with van der Waals surface area (Å²) in [6, 6.07) is 41.9. The summed E-state index contributed by atoms with van der Waals surface area (Å²) in [5.41, 5.74) is 8.29. The van der Waals surface area contributed by atoms with Crippen molar-refractivity contribution in [3.8, 4) is 34.6 Å². The van der Waals surface area contributed by atoms with Gasteiger partial charge in [-0.3, -0.25) is 0 Å². The lowest BCUT2D eigenvalue weighted by molar-refractivity contribution is 1.11. The molecule has 194 valence electrons. The van der Waals surface area contributed by atoms with Gasteiger partial charge in [0, 0.05) is 45.2 Å². The van der Waals surface area contributed by atoms with Crippen molar-refractivity contribution >= 4 is 43.6 Å². The van der Waals surface area contributed by atoms with Gasteiger partial charge in [-0.15, -0.1) is 0 Å². The fourth-order valence-electron chi connectivity index (χ4n) is 6.15. The zero-order chi connectivity index (χ0) is 28.2. The average molecular weight is 537 g/mol. The fraction of sp³-hybridized carbons (Fsp3) is 0. The van der Waals surface area contributed by atoms with Crippen LogP contribution in [0.3, 0.4) is 0 Å². The Kier molecular flexibility index (Phi) is 5.15. The Morgan fingerprint density at radius 2 is 1.24 bits per heavy atom. The third-order valence-corrected chi connectivity index (χ3v) is 7.93. The Balaban J connectivity index is 1.49. The Hall–Kier alpha value is -6.24. The molecular formula is C36H20N6. The molecule has 6 nitrogen and oxygen atoms in total. The molecule has 6 heteroatoms. The Labute approximate surface area is 240 Å². The fourth-order valence-corrected chi connectivity index (χ4v) is 6.15. The summed E-state index contributed by atoms with van der Waals surface area (Å²) >= 11 is 0. The maximum atomic E-state index is 10.4. The van der Waals surface area contributed by atoms with E-state index in [1.807, 2.05) is 36.4 Å². The number of nitrogens with zero attached hydrogens (tertiary/aromatic N) is 6. The van der Waals surface area contributed by atoms with Crippen LogP contribution in [0, 0.1) is 22.7 Å². The van der Waals surface area contributed by atoms with Gasteiger partial charge >= 0.3 is 0 Å². The predicted molar refractivity (Wildman–Crippen MR) is 166 cm³/mol. The standard InChI is InChI=1S/C36H20N6/c37-19-24-18-23(25-21-39-34(20-38)40-22-25)14-16-30(24)42-31-12-6-4-10-27(31)28-15-17-33-35(36(28)42)29-11-5-7-13-32(29)41(33)26-8-2-1-3-9-26/h1-18,21-22H. The van der Waals surface area contributed by atoms with E-state index in [9.17, 15) is 5.26 Å². The number of aromatic nitrogens is 4. The molecule has 0 amide bonds. The number of hydrogen-bond acceptors (Lipinski definition) is 4. The van der Waals surface area contributed by atoms with E-state index >= 15 is 0 Å². The van der Waals surface area contributed by atoms with Gasteiger partial charge in [0.05, 0.1) is 33.3 Å². The topological polar surface area (TPSA) is 83.2 Å². The molecule has 0 atom stereocenters. The molecule has 3 aromatic heterocycles. The normalized spacial score (nSPS) is 11.3. The highest BCUT2D eigenvalue weighted by molar-refractivity contribution is 6.26. The molecule has 0 spiro atoms. The minimum absolute atomic E-state index is 0.111. The van der Waals surface area contributed by atoms with Crippen molar-refractivity contribution in [2.24, 2.45) is 0 Å². The molecular weight excluding hydrogens is 516 g/mol. The summed E-state index contributed by atoms with van der Waals surface area (Å²) in [7, 11) is 0. The summed E-state index contributed by atoms with van der Waals surface area (Å²) < 4.78 is 4.54. The van der Waals surface area contributed by atoms with Crippen molar-refractivity contribution in [1.82, 2.24) is 19.1 Å². The number of rotatable bonds is 3. The maximum Gasteiger partial charge on any atom is 0.232 e. The van der Waals surface area contributed by atoms with E-state index in [0.717, 1.165) is 66.1 Å². The second-order valence-electron chi connectivity index (χ2n) is 10.1. The SMILES string of the molecule is N#Cc1ncc(-c2ccc(-n3c4ccccc4c4ccc5c(c6ccccc6n5-c5ccccc5)c43)c(C#N)c2)cn1. The summed E-state index contributed by atoms with van der Waals surface area (Å²) in [4.78, 5) is 8.22. The van der Waals surface area contributed by atoms with Gasteiger partial charge in [0.1, 0.15) is 12.1 Å². The zero-order valence-electron chi connectivity index (χ0n) is 22.2. The van der Waals surface area contributed by atoms with Gasteiger partial charge in [0.2, 0.25) is 5.82 Å². The first-order chi connectivity index (χ1) is 20.8. The molecule has 3 heterocycles. The number of hydrogen-bond donors (Lipinski definition) is 0. The van der Waals surface area contributed by atoms with E-state index in [1.54, 1.807) is 12.4 Å². The molecule has 0 saturated carbocycles. The second-order valence-corrected chi connectivity index (χ2v) is 10.1. The number of benzene rings is 5. The van der Waals surface area contributed by atoms with Crippen molar-refractivity contribution in [3.63, 3.8) is 0 Å². The Morgan fingerprint density at radius 3 is 1.98 bits per heavy atom. The first-order valence-electron chi connectivity index (χ1n) is 13.5. The van der Waals surface area contributed by atoms with Crippen molar-refractivity contribution in [2.45, 2.75) is 0 Å². The first-order valence-corrected chi connectivity index (χ1v) is 13.5. The lowest BCUT2D eigenvalue weighted by atomic mass is 10.0. The Bertz CT molecular complexity index is 2420. The summed E-state index contributed by atoms with van der Waals surface area (Å²) in [6.45, 7) is 0. The molecule has 0 unspecified atom stereocenters. The summed E-state index contributed by atoms with van der Waals surface area (Å²) in [6.07, 6.45) is 3.23. The van der Waals surface area contributed by atoms with Crippen LogP contribution in [-0.4, -0.2) is 19.1 Å². The average Bonchev–Trinajstić information content (AvgIpc) is 3.58. The van der Waals surface area contributed by atoms with Crippen molar-refractivity contribution in [2.75, 3.05) is 0 Å². The third kappa shape index (κ3) is 3.37. The Morgan fingerprint density at radius 1 is 0.548 bits per heavy atom. The smallest absolute Gasteiger partial charge is 0.232 e. The third-order valence-electron chi connectivity index (χ3n) is 7.93. The number of nitriles is 2. The highest BCUT2D eigenvalue weighted by Crippen LogP contribution is 2.42. The van der Waals surface area contributed by atoms with Gasteiger partial charge in [0.25, 0.3) is 0 Å². The van der Waals surface area contributed by atoms with Crippen LogP contribution in [0.25, 0.3) is 66.1 Å². The van der Waals surface area contributed by atoms with Crippen molar-refractivity contribution < 1.29 is 0 Å². The monoisotopic (exact) mass is 536 g/mol. The predicted octanol–water partition coefficient (Wildman–Crippen LogP) is 8.08. The quantitative estimate of drug-likeness (QED) is 0.228. The van der Waals surface area contributed by atoms with Crippen LogP contribution in [0.15, 0.2) is 122 Å². The highest BCUT2D eigenvalue weighted by Gasteiger charge is 2.22. The molecule has 8 aromatic rings. The van der Waals surface area contributed by atoms with Crippen LogP contribution in [0.4, 0.5) is 0 Å². The van der Waals surface area contributed by atoms with Gasteiger partial charge in [-0.1, -0.05) is 66.7 Å². The maximum absolute atomic E-state index is 10.4. The molecule has 0 fully saturated rings. The lowest BCUT2D eigenvalue weighted by Gasteiger charge is -2.13. The van der Waals surface area contributed by atoms with Crippen LogP contribution < -0.4 is 0 Å². The van der Waals surface area contributed by atoms with E-state index < -0.39 is 0 Å². The molecule has 0 aliphatic heterocycles. The van der Waals surface area contributed by atoms with Crippen LogP contribution >= 0.6 is 0 Å². The zero-order valence-corrected chi connectivity index (χ0v) is 22.2. The molecule has 0 radical (unpaired) electrons. The van der Waals surface area contributed by atoms with E-state index in [2.05, 4.69) is 104 Å².